The summed E-state index contributed by atoms with van der Waals surface area (Å²) in [5, 5.41) is 11.1. The van der Waals surface area contributed by atoms with Crippen LogP contribution in [0.2, 0.25) is 0 Å². The highest BCUT2D eigenvalue weighted by Crippen LogP contribution is 2.24. The van der Waals surface area contributed by atoms with Crippen molar-refractivity contribution in [3.8, 4) is 0 Å². The maximum atomic E-state index is 12.6. The number of amides is 1. The molecule has 0 atom stereocenters. The first kappa shape index (κ1) is 17.0. The summed E-state index contributed by atoms with van der Waals surface area (Å²) in [6, 6.07) is 10.0. The Hall–Kier alpha value is -2.80. The van der Waals surface area contributed by atoms with Crippen LogP contribution in [0.4, 0.5) is 5.69 Å². The molecule has 7 heteroatoms. The van der Waals surface area contributed by atoms with Crippen molar-refractivity contribution in [2.75, 3.05) is 0 Å². The van der Waals surface area contributed by atoms with Crippen molar-refractivity contribution < 1.29 is 9.72 Å². The van der Waals surface area contributed by atoms with Gasteiger partial charge in [0.1, 0.15) is 5.56 Å². The first-order valence-corrected chi connectivity index (χ1v) is 8.67. The zero-order valence-electron chi connectivity index (χ0n) is 14.1. The number of carbonyl (C=O) groups excluding carboxylic acids is 1. The van der Waals surface area contributed by atoms with Crippen molar-refractivity contribution in [1.82, 2.24) is 4.57 Å². The highest BCUT2D eigenvalue weighted by Gasteiger charge is 2.19. The Morgan fingerprint density at radius 1 is 1.28 bits per heavy atom. The maximum Gasteiger partial charge on any atom is 0.286 e. The van der Waals surface area contributed by atoms with Gasteiger partial charge in [-0.3, -0.25) is 14.9 Å². The molecule has 0 unspecified atom stereocenters. The molecule has 0 aliphatic heterocycles. The Labute approximate surface area is 148 Å². The molecule has 128 valence electrons. The minimum atomic E-state index is -0.601. The lowest BCUT2D eigenvalue weighted by Crippen LogP contribution is -2.16. The third kappa shape index (κ3) is 3.10. The van der Waals surface area contributed by atoms with E-state index < -0.39 is 10.8 Å². The van der Waals surface area contributed by atoms with Gasteiger partial charge in [0.05, 0.1) is 15.1 Å². The Balaban J connectivity index is 2.21. The zero-order valence-corrected chi connectivity index (χ0v) is 15.0. The molecule has 3 aromatic rings. The second kappa shape index (κ2) is 6.60. The van der Waals surface area contributed by atoms with Crippen molar-refractivity contribution in [3.63, 3.8) is 0 Å². The molecule has 6 nitrogen and oxygen atoms in total. The molecule has 1 amide bonds. The number of benzene rings is 2. The number of fused-ring (bicyclic) bond motifs is 1. The summed E-state index contributed by atoms with van der Waals surface area (Å²) >= 11 is 1.43. The van der Waals surface area contributed by atoms with Gasteiger partial charge in [-0.1, -0.05) is 29.5 Å². The zero-order chi connectivity index (χ0) is 18.1. The van der Waals surface area contributed by atoms with E-state index in [9.17, 15) is 14.9 Å². The van der Waals surface area contributed by atoms with E-state index in [0.29, 0.717) is 11.3 Å². The topological polar surface area (TPSA) is 77.5 Å². The van der Waals surface area contributed by atoms with Gasteiger partial charge in [0.15, 0.2) is 4.80 Å². The molecule has 0 aliphatic carbocycles. The number of para-hydroxylation sites is 1. The fourth-order valence-electron chi connectivity index (χ4n) is 2.86. The minimum absolute atomic E-state index is 0.000474. The molecular formula is C18H17N3O3S. The third-order valence-corrected chi connectivity index (χ3v) is 5.19. The van der Waals surface area contributed by atoms with Gasteiger partial charge in [-0.05, 0) is 44.0 Å². The smallest absolute Gasteiger partial charge is 0.286 e. The predicted molar refractivity (Wildman–Crippen MR) is 98.0 cm³/mol. The normalized spacial score (nSPS) is 11.9. The quantitative estimate of drug-likeness (QED) is 0.526. The Morgan fingerprint density at radius 3 is 2.68 bits per heavy atom. The number of rotatable bonds is 3. The predicted octanol–water partition coefficient (Wildman–Crippen LogP) is 3.99. The van der Waals surface area contributed by atoms with Crippen molar-refractivity contribution in [2.24, 2.45) is 4.99 Å². The highest BCUT2D eigenvalue weighted by molar-refractivity contribution is 7.16. The summed E-state index contributed by atoms with van der Waals surface area (Å²) in [7, 11) is 0. The highest BCUT2D eigenvalue weighted by atomic mass is 32.1. The molecule has 0 saturated carbocycles. The van der Waals surface area contributed by atoms with Gasteiger partial charge in [-0.15, -0.1) is 0 Å². The monoisotopic (exact) mass is 355 g/mol. The Kier molecular flexibility index (Phi) is 4.50. The van der Waals surface area contributed by atoms with Gasteiger partial charge in [0.25, 0.3) is 11.6 Å². The number of nitrogens with zero attached hydrogens (tertiary/aromatic N) is 3. The van der Waals surface area contributed by atoms with E-state index in [2.05, 4.69) is 17.1 Å². The molecule has 0 radical (unpaired) electrons. The molecule has 0 N–H and O–H groups in total. The number of aromatic nitrogens is 1. The molecule has 0 spiro atoms. The number of aryl methyl sites for hydroxylation is 3. The van der Waals surface area contributed by atoms with Crippen LogP contribution in [0.15, 0.2) is 41.4 Å². The first-order valence-electron chi connectivity index (χ1n) is 7.85. The molecule has 0 bridgehead atoms. The summed E-state index contributed by atoms with van der Waals surface area (Å²) in [5.41, 5.74) is 3.07. The van der Waals surface area contributed by atoms with Crippen LogP contribution in [0.1, 0.15) is 28.4 Å². The van der Waals surface area contributed by atoms with Crippen LogP contribution in [0.3, 0.4) is 0 Å². The van der Waals surface area contributed by atoms with Crippen LogP contribution in [-0.4, -0.2) is 15.4 Å². The number of hydrogen-bond acceptors (Lipinski definition) is 4. The van der Waals surface area contributed by atoms with Crippen LogP contribution in [0, 0.1) is 24.0 Å². The maximum absolute atomic E-state index is 12.6. The first-order chi connectivity index (χ1) is 11.9. The summed E-state index contributed by atoms with van der Waals surface area (Å²) in [4.78, 5) is 27.9. The summed E-state index contributed by atoms with van der Waals surface area (Å²) in [6.07, 6.45) is 0. The van der Waals surface area contributed by atoms with Crippen LogP contribution in [-0.2, 0) is 6.54 Å². The Morgan fingerprint density at radius 2 is 2.00 bits per heavy atom. The molecule has 0 aliphatic rings. The van der Waals surface area contributed by atoms with Gasteiger partial charge in [0, 0.05) is 12.6 Å². The molecule has 1 heterocycles. The molecule has 3 rings (SSSR count). The van der Waals surface area contributed by atoms with Gasteiger partial charge in [0.2, 0.25) is 0 Å². The Bertz CT molecular complexity index is 1060. The van der Waals surface area contributed by atoms with Crippen LogP contribution in [0.25, 0.3) is 10.2 Å². The lowest BCUT2D eigenvalue weighted by atomic mass is 10.1. The molecule has 2 aromatic carbocycles. The van der Waals surface area contributed by atoms with Crippen LogP contribution < -0.4 is 4.80 Å². The summed E-state index contributed by atoms with van der Waals surface area (Å²) in [5.74, 6) is -0.601. The van der Waals surface area contributed by atoms with E-state index in [0.717, 1.165) is 21.3 Å². The van der Waals surface area contributed by atoms with E-state index in [1.807, 2.05) is 25.3 Å². The number of hydrogen-bond donors (Lipinski definition) is 0. The molecule has 0 saturated heterocycles. The SMILES string of the molecule is CCn1c(=NC(=O)c2ccccc2[N+](=O)[O-])sc2c(C)cc(C)cc21. The largest absolute Gasteiger partial charge is 0.317 e. The third-order valence-electron chi connectivity index (χ3n) is 3.96. The van der Waals surface area contributed by atoms with E-state index in [4.69, 9.17) is 0 Å². The average Bonchev–Trinajstić information content (AvgIpc) is 2.92. The van der Waals surface area contributed by atoms with Crippen molar-refractivity contribution in [1.29, 1.82) is 0 Å². The number of thiazole rings is 1. The number of nitro groups is 1. The van der Waals surface area contributed by atoms with Gasteiger partial charge >= 0.3 is 0 Å². The van der Waals surface area contributed by atoms with Gasteiger partial charge < -0.3 is 4.57 Å². The van der Waals surface area contributed by atoms with Crippen LogP contribution >= 0.6 is 11.3 Å². The van der Waals surface area contributed by atoms with Gasteiger partial charge in [-0.25, -0.2) is 0 Å². The molecular weight excluding hydrogens is 338 g/mol. The second-order valence-electron chi connectivity index (χ2n) is 5.75. The lowest BCUT2D eigenvalue weighted by molar-refractivity contribution is -0.385. The number of nitro benzene ring substituents is 1. The fourth-order valence-corrected chi connectivity index (χ4v) is 4.01. The van der Waals surface area contributed by atoms with E-state index in [1.165, 1.54) is 29.5 Å². The average molecular weight is 355 g/mol. The summed E-state index contributed by atoms with van der Waals surface area (Å²) < 4.78 is 3.04. The van der Waals surface area contributed by atoms with E-state index >= 15 is 0 Å². The van der Waals surface area contributed by atoms with Crippen molar-refractivity contribution in [3.05, 3.63) is 68.0 Å². The second-order valence-corrected chi connectivity index (χ2v) is 6.73. The van der Waals surface area contributed by atoms with Gasteiger partial charge in [-0.2, -0.15) is 4.99 Å². The summed E-state index contributed by atoms with van der Waals surface area (Å²) in [6.45, 7) is 6.70. The van der Waals surface area contributed by atoms with E-state index in [-0.39, 0.29) is 11.3 Å². The van der Waals surface area contributed by atoms with Crippen LogP contribution in [0.5, 0.6) is 0 Å². The van der Waals surface area contributed by atoms with E-state index in [1.54, 1.807) is 6.07 Å². The van der Waals surface area contributed by atoms with Crippen molar-refractivity contribution in [2.45, 2.75) is 27.3 Å². The minimum Gasteiger partial charge on any atom is -0.317 e. The molecule has 25 heavy (non-hydrogen) atoms. The standard InChI is InChI=1S/C18H17N3O3S/c1-4-20-15-10-11(2)9-12(3)16(15)25-18(20)19-17(22)13-7-5-6-8-14(13)21(23)24/h5-10H,4H2,1-3H3. The molecule has 0 fully saturated rings. The lowest BCUT2D eigenvalue weighted by Gasteiger charge is -2.03. The number of carbonyl (C=O) groups is 1. The van der Waals surface area contributed by atoms with Crippen molar-refractivity contribution >= 4 is 33.1 Å². The molecule has 1 aromatic heterocycles. The fraction of sp³-hybridized carbons (Fsp3) is 0.222.